The Hall–Kier alpha value is -1.07. The molecule has 1 heterocycles. The highest BCUT2D eigenvalue weighted by molar-refractivity contribution is 6.32. The number of nitrogens with one attached hydrogen (secondary N) is 2. The highest BCUT2D eigenvalue weighted by Gasteiger charge is 2.08. The SMILES string of the molecule is CCNc1ncc(Cl)c(NC(C)CCOC)n1. The van der Waals surface area contributed by atoms with Crippen LogP contribution < -0.4 is 10.6 Å². The maximum Gasteiger partial charge on any atom is 0.224 e. The van der Waals surface area contributed by atoms with Gasteiger partial charge in [0.25, 0.3) is 0 Å². The lowest BCUT2D eigenvalue weighted by molar-refractivity contribution is 0.191. The molecular formula is C11H19ClN4O. The smallest absolute Gasteiger partial charge is 0.224 e. The number of hydrogen-bond acceptors (Lipinski definition) is 5. The zero-order valence-electron chi connectivity index (χ0n) is 10.5. The van der Waals surface area contributed by atoms with Crippen LogP contribution in [0, 0.1) is 0 Å². The third kappa shape index (κ3) is 4.75. The van der Waals surface area contributed by atoms with Gasteiger partial charge in [-0.2, -0.15) is 4.98 Å². The maximum absolute atomic E-state index is 6.03. The summed E-state index contributed by atoms with van der Waals surface area (Å²) in [5.41, 5.74) is 0. The molecule has 1 aromatic rings. The van der Waals surface area contributed by atoms with Crippen molar-refractivity contribution in [3.05, 3.63) is 11.2 Å². The summed E-state index contributed by atoms with van der Waals surface area (Å²) < 4.78 is 5.02. The number of anilines is 2. The third-order valence-electron chi connectivity index (χ3n) is 2.22. The molecule has 0 spiro atoms. The van der Waals surface area contributed by atoms with Gasteiger partial charge in [0.05, 0.1) is 6.20 Å². The normalized spacial score (nSPS) is 12.2. The van der Waals surface area contributed by atoms with Crippen LogP contribution >= 0.6 is 11.6 Å². The molecule has 1 unspecified atom stereocenters. The summed E-state index contributed by atoms with van der Waals surface area (Å²) in [5, 5.41) is 6.81. The van der Waals surface area contributed by atoms with E-state index in [1.165, 1.54) is 0 Å². The van der Waals surface area contributed by atoms with Crippen molar-refractivity contribution < 1.29 is 4.74 Å². The van der Waals surface area contributed by atoms with Crippen molar-refractivity contribution in [2.45, 2.75) is 26.3 Å². The molecule has 0 aliphatic heterocycles. The van der Waals surface area contributed by atoms with Gasteiger partial charge in [0, 0.05) is 26.3 Å². The standard InChI is InChI=1S/C11H19ClN4O/c1-4-13-11-14-7-9(12)10(16-11)15-8(2)5-6-17-3/h7-8H,4-6H2,1-3H3,(H2,13,14,15,16). The average molecular weight is 259 g/mol. The van der Waals surface area contributed by atoms with Crippen LogP contribution in [0.15, 0.2) is 6.20 Å². The fraction of sp³-hybridized carbons (Fsp3) is 0.636. The second kappa shape index (κ2) is 7.29. The van der Waals surface area contributed by atoms with Crippen LogP contribution in [0.2, 0.25) is 5.02 Å². The fourth-order valence-electron chi connectivity index (χ4n) is 1.31. The van der Waals surface area contributed by atoms with E-state index in [1.54, 1.807) is 13.3 Å². The number of hydrogen-bond donors (Lipinski definition) is 2. The first kappa shape index (κ1) is 14.0. The Balaban J connectivity index is 2.64. The Bertz CT molecular complexity index is 348. The minimum Gasteiger partial charge on any atom is -0.385 e. The van der Waals surface area contributed by atoms with Gasteiger partial charge in [-0.15, -0.1) is 0 Å². The summed E-state index contributed by atoms with van der Waals surface area (Å²) in [4.78, 5) is 8.38. The van der Waals surface area contributed by atoms with Crippen LogP contribution in [0.25, 0.3) is 0 Å². The van der Waals surface area contributed by atoms with Crippen molar-refractivity contribution in [3.63, 3.8) is 0 Å². The van der Waals surface area contributed by atoms with Gasteiger partial charge in [-0.25, -0.2) is 4.98 Å². The molecule has 0 aliphatic carbocycles. The number of methoxy groups -OCH3 is 1. The first-order valence-electron chi connectivity index (χ1n) is 5.69. The van der Waals surface area contributed by atoms with Crippen molar-refractivity contribution in [2.75, 3.05) is 30.9 Å². The molecule has 1 aromatic heterocycles. The number of aromatic nitrogens is 2. The second-order valence-corrected chi connectivity index (χ2v) is 4.15. The molecule has 0 saturated carbocycles. The number of nitrogens with zero attached hydrogens (tertiary/aromatic N) is 2. The van der Waals surface area contributed by atoms with E-state index in [0.29, 0.717) is 23.4 Å². The molecule has 6 heteroatoms. The summed E-state index contributed by atoms with van der Waals surface area (Å²) in [5.74, 6) is 1.24. The molecule has 2 N–H and O–H groups in total. The van der Waals surface area contributed by atoms with E-state index in [9.17, 15) is 0 Å². The van der Waals surface area contributed by atoms with E-state index in [2.05, 4.69) is 27.5 Å². The molecule has 0 saturated heterocycles. The zero-order valence-corrected chi connectivity index (χ0v) is 11.2. The number of ether oxygens (including phenoxy) is 1. The minimum absolute atomic E-state index is 0.247. The number of halogens is 1. The fourth-order valence-corrected chi connectivity index (χ4v) is 1.46. The van der Waals surface area contributed by atoms with E-state index in [-0.39, 0.29) is 6.04 Å². The summed E-state index contributed by atoms with van der Waals surface area (Å²) in [6, 6.07) is 0.247. The van der Waals surface area contributed by atoms with Crippen molar-refractivity contribution >= 4 is 23.4 Å². The van der Waals surface area contributed by atoms with E-state index < -0.39 is 0 Å². The van der Waals surface area contributed by atoms with Crippen LogP contribution in [0.3, 0.4) is 0 Å². The predicted molar refractivity (Wildman–Crippen MR) is 70.8 cm³/mol. The lowest BCUT2D eigenvalue weighted by Gasteiger charge is -2.15. The van der Waals surface area contributed by atoms with E-state index in [0.717, 1.165) is 13.0 Å². The molecule has 0 aromatic carbocycles. The highest BCUT2D eigenvalue weighted by atomic mass is 35.5. The highest BCUT2D eigenvalue weighted by Crippen LogP contribution is 2.20. The van der Waals surface area contributed by atoms with Crippen molar-refractivity contribution in [1.82, 2.24) is 9.97 Å². The Morgan fingerprint density at radius 3 is 2.94 bits per heavy atom. The van der Waals surface area contributed by atoms with Crippen LogP contribution in [-0.2, 0) is 4.74 Å². The van der Waals surface area contributed by atoms with Gasteiger partial charge in [0.15, 0.2) is 5.82 Å². The van der Waals surface area contributed by atoms with Crippen molar-refractivity contribution in [1.29, 1.82) is 0 Å². The topological polar surface area (TPSA) is 59.1 Å². The van der Waals surface area contributed by atoms with Crippen LogP contribution in [0.1, 0.15) is 20.3 Å². The zero-order chi connectivity index (χ0) is 12.7. The summed E-state index contributed by atoms with van der Waals surface area (Å²) in [7, 11) is 1.69. The first-order valence-corrected chi connectivity index (χ1v) is 6.07. The van der Waals surface area contributed by atoms with Crippen molar-refractivity contribution in [2.24, 2.45) is 0 Å². The molecule has 0 amide bonds. The Morgan fingerprint density at radius 1 is 1.53 bits per heavy atom. The second-order valence-electron chi connectivity index (χ2n) is 3.75. The lowest BCUT2D eigenvalue weighted by Crippen LogP contribution is -2.19. The lowest BCUT2D eigenvalue weighted by atomic mass is 10.2. The molecular weight excluding hydrogens is 240 g/mol. The Morgan fingerprint density at radius 2 is 2.29 bits per heavy atom. The van der Waals surface area contributed by atoms with E-state index in [4.69, 9.17) is 16.3 Å². The molecule has 5 nitrogen and oxygen atoms in total. The summed E-state index contributed by atoms with van der Waals surface area (Å²) >= 11 is 6.03. The summed E-state index contributed by atoms with van der Waals surface area (Å²) in [6.07, 6.45) is 2.49. The molecule has 0 aliphatic rings. The van der Waals surface area contributed by atoms with Crippen LogP contribution in [0.5, 0.6) is 0 Å². The van der Waals surface area contributed by atoms with Gasteiger partial charge in [-0.1, -0.05) is 11.6 Å². The Kier molecular flexibility index (Phi) is 6.00. The van der Waals surface area contributed by atoms with Crippen LogP contribution in [0.4, 0.5) is 11.8 Å². The quantitative estimate of drug-likeness (QED) is 0.787. The van der Waals surface area contributed by atoms with Gasteiger partial charge < -0.3 is 15.4 Å². The van der Waals surface area contributed by atoms with Gasteiger partial charge in [-0.05, 0) is 20.3 Å². The van der Waals surface area contributed by atoms with E-state index in [1.807, 2.05) is 6.92 Å². The predicted octanol–water partition coefficient (Wildman–Crippen LogP) is 2.40. The maximum atomic E-state index is 6.03. The van der Waals surface area contributed by atoms with E-state index >= 15 is 0 Å². The molecule has 0 radical (unpaired) electrons. The molecule has 96 valence electrons. The summed E-state index contributed by atoms with van der Waals surface area (Å²) in [6.45, 7) is 5.54. The van der Waals surface area contributed by atoms with Crippen molar-refractivity contribution in [3.8, 4) is 0 Å². The monoisotopic (exact) mass is 258 g/mol. The van der Waals surface area contributed by atoms with Gasteiger partial charge in [-0.3, -0.25) is 0 Å². The van der Waals surface area contributed by atoms with Gasteiger partial charge >= 0.3 is 0 Å². The average Bonchev–Trinajstić information content (AvgIpc) is 2.31. The molecule has 0 bridgehead atoms. The molecule has 1 atom stereocenters. The molecule has 17 heavy (non-hydrogen) atoms. The minimum atomic E-state index is 0.247. The molecule has 1 rings (SSSR count). The van der Waals surface area contributed by atoms with Gasteiger partial charge in [0.1, 0.15) is 5.02 Å². The first-order chi connectivity index (χ1) is 8.17. The Labute approximate surface area is 107 Å². The largest absolute Gasteiger partial charge is 0.385 e. The molecule has 0 fully saturated rings. The van der Waals surface area contributed by atoms with Crippen LogP contribution in [-0.4, -0.2) is 36.3 Å². The third-order valence-corrected chi connectivity index (χ3v) is 2.49. The van der Waals surface area contributed by atoms with Gasteiger partial charge in [0.2, 0.25) is 5.95 Å². The number of rotatable bonds is 7.